The van der Waals surface area contributed by atoms with E-state index in [0.29, 0.717) is 32.5 Å². The average Bonchev–Trinajstić information content (AvgIpc) is 3.18. The Kier molecular flexibility index (Phi) is 5.62. The lowest BCUT2D eigenvalue weighted by Gasteiger charge is -2.27. The Morgan fingerprint density at radius 2 is 1.91 bits per heavy atom. The van der Waals surface area contributed by atoms with Gasteiger partial charge in [-0.1, -0.05) is 60.2 Å². The summed E-state index contributed by atoms with van der Waals surface area (Å²) >= 11 is 1.55. The van der Waals surface area contributed by atoms with Gasteiger partial charge in [0.1, 0.15) is 4.83 Å². The van der Waals surface area contributed by atoms with Crippen LogP contribution in [0.25, 0.3) is 10.2 Å². The molecule has 0 bridgehead atoms. The molecule has 5 rings (SSSR count). The van der Waals surface area contributed by atoms with Crippen LogP contribution in [0.2, 0.25) is 0 Å². The third-order valence-corrected chi connectivity index (χ3v) is 7.21. The normalized spacial score (nSPS) is 13.3. The number of hydrogen-bond acceptors (Lipinski definition) is 4. The highest BCUT2D eigenvalue weighted by Gasteiger charge is 2.26. The molecule has 2 aromatic heterocycles. The van der Waals surface area contributed by atoms with E-state index in [1.165, 1.54) is 11.1 Å². The highest BCUT2D eigenvalue weighted by atomic mass is 32.1. The van der Waals surface area contributed by atoms with E-state index in [9.17, 15) is 9.59 Å². The van der Waals surface area contributed by atoms with Gasteiger partial charge in [-0.3, -0.25) is 14.2 Å². The fourth-order valence-electron chi connectivity index (χ4n) is 4.41. The smallest absolute Gasteiger partial charge is 0.262 e. The third-order valence-electron chi connectivity index (χ3n) is 6.09. The van der Waals surface area contributed by atoms with Crippen LogP contribution in [0.5, 0.6) is 0 Å². The molecular weight excluding hydrogens is 418 g/mol. The van der Waals surface area contributed by atoms with Gasteiger partial charge in [0.15, 0.2) is 0 Å². The SMILES string of the molecule is Cc1cccc(Cn2cnc3sc4c(c3c2=O)CCN(C(=O)CCc2ccccc2)C4)c1. The number of aromatic nitrogens is 2. The van der Waals surface area contributed by atoms with Crippen molar-refractivity contribution in [2.75, 3.05) is 6.54 Å². The van der Waals surface area contributed by atoms with Crippen LogP contribution in [0, 0.1) is 6.92 Å². The second-order valence-electron chi connectivity index (χ2n) is 8.40. The monoisotopic (exact) mass is 443 g/mol. The molecule has 0 fully saturated rings. The Bertz CT molecular complexity index is 1340. The zero-order valence-electron chi connectivity index (χ0n) is 18.1. The van der Waals surface area contributed by atoms with Crippen LogP contribution in [-0.2, 0) is 30.7 Å². The summed E-state index contributed by atoms with van der Waals surface area (Å²) in [6.07, 6.45) is 3.61. The number of rotatable bonds is 5. The number of benzene rings is 2. The second-order valence-corrected chi connectivity index (χ2v) is 9.49. The molecule has 1 aliphatic heterocycles. The minimum Gasteiger partial charge on any atom is -0.337 e. The summed E-state index contributed by atoms with van der Waals surface area (Å²) in [5.74, 6) is 0.168. The Morgan fingerprint density at radius 1 is 1.09 bits per heavy atom. The lowest BCUT2D eigenvalue weighted by atomic mass is 10.0. The van der Waals surface area contributed by atoms with Crippen molar-refractivity contribution < 1.29 is 4.79 Å². The Hall–Kier alpha value is -3.25. The number of aryl methyl sites for hydroxylation is 2. The first-order valence-electron chi connectivity index (χ1n) is 11.0. The van der Waals surface area contributed by atoms with Crippen molar-refractivity contribution in [3.8, 4) is 0 Å². The fourth-order valence-corrected chi connectivity index (χ4v) is 5.60. The predicted molar refractivity (Wildman–Crippen MR) is 128 cm³/mol. The van der Waals surface area contributed by atoms with E-state index in [-0.39, 0.29) is 11.5 Å². The third kappa shape index (κ3) is 4.10. The summed E-state index contributed by atoms with van der Waals surface area (Å²) in [5, 5.41) is 0.733. The summed E-state index contributed by atoms with van der Waals surface area (Å²) in [6, 6.07) is 18.3. The predicted octanol–water partition coefficient (Wildman–Crippen LogP) is 4.33. The zero-order valence-corrected chi connectivity index (χ0v) is 18.9. The Labute approximate surface area is 191 Å². The lowest BCUT2D eigenvalue weighted by Crippen LogP contribution is -2.35. The van der Waals surface area contributed by atoms with E-state index in [1.54, 1.807) is 22.2 Å². The van der Waals surface area contributed by atoms with E-state index in [4.69, 9.17) is 0 Å². The van der Waals surface area contributed by atoms with Gasteiger partial charge in [-0.05, 0) is 36.5 Å². The summed E-state index contributed by atoms with van der Waals surface area (Å²) in [7, 11) is 0. The minimum atomic E-state index is 0.0119. The van der Waals surface area contributed by atoms with Crippen molar-refractivity contribution >= 4 is 27.5 Å². The zero-order chi connectivity index (χ0) is 22.1. The lowest BCUT2D eigenvalue weighted by molar-refractivity contribution is -0.132. The van der Waals surface area contributed by atoms with Crippen molar-refractivity contribution in [1.29, 1.82) is 0 Å². The molecule has 6 heteroatoms. The molecule has 2 aromatic carbocycles. The molecule has 5 nitrogen and oxygen atoms in total. The first-order chi connectivity index (χ1) is 15.6. The first kappa shape index (κ1) is 20.6. The molecule has 0 aliphatic carbocycles. The molecule has 4 aromatic rings. The number of fused-ring (bicyclic) bond motifs is 3. The van der Waals surface area contributed by atoms with E-state index in [2.05, 4.69) is 36.2 Å². The molecule has 0 atom stereocenters. The number of carbonyl (C=O) groups is 1. The van der Waals surface area contributed by atoms with Gasteiger partial charge < -0.3 is 4.90 Å². The maximum absolute atomic E-state index is 13.3. The summed E-state index contributed by atoms with van der Waals surface area (Å²) in [4.78, 5) is 34.5. The number of nitrogens with zero attached hydrogens (tertiary/aromatic N) is 3. The van der Waals surface area contributed by atoms with Gasteiger partial charge in [-0.15, -0.1) is 11.3 Å². The van der Waals surface area contributed by atoms with Crippen LogP contribution in [0.4, 0.5) is 0 Å². The minimum absolute atomic E-state index is 0.0119. The molecule has 32 heavy (non-hydrogen) atoms. The standard InChI is InChI=1S/C26H25N3O2S/c1-18-6-5-9-20(14-18)15-29-17-27-25-24(26(29)31)21-12-13-28(16-22(21)32-25)23(30)11-10-19-7-3-2-4-8-19/h2-9,14,17H,10-13,15-16H2,1H3. The van der Waals surface area contributed by atoms with E-state index in [0.717, 1.165) is 32.6 Å². The average molecular weight is 444 g/mol. The van der Waals surface area contributed by atoms with E-state index in [1.807, 2.05) is 35.2 Å². The highest BCUT2D eigenvalue weighted by molar-refractivity contribution is 7.18. The van der Waals surface area contributed by atoms with Gasteiger partial charge in [-0.25, -0.2) is 4.98 Å². The van der Waals surface area contributed by atoms with Crippen LogP contribution < -0.4 is 5.56 Å². The summed E-state index contributed by atoms with van der Waals surface area (Å²) < 4.78 is 1.70. The van der Waals surface area contributed by atoms with Crippen LogP contribution in [0.15, 0.2) is 65.7 Å². The number of thiophene rings is 1. The van der Waals surface area contributed by atoms with Crippen LogP contribution in [0.1, 0.15) is 33.6 Å². The fraction of sp³-hybridized carbons (Fsp3) is 0.269. The highest BCUT2D eigenvalue weighted by Crippen LogP contribution is 2.32. The first-order valence-corrected chi connectivity index (χ1v) is 11.8. The number of carbonyl (C=O) groups excluding carboxylic acids is 1. The van der Waals surface area contributed by atoms with Gasteiger partial charge >= 0.3 is 0 Å². The number of hydrogen-bond donors (Lipinski definition) is 0. The quantitative estimate of drug-likeness (QED) is 0.461. The largest absolute Gasteiger partial charge is 0.337 e. The molecule has 0 saturated carbocycles. The van der Waals surface area contributed by atoms with E-state index < -0.39 is 0 Å². The van der Waals surface area contributed by atoms with E-state index >= 15 is 0 Å². The molecule has 0 saturated heterocycles. The van der Waals surface area contributed by atoms with Crippen LogP contribution in [0.3, 0.4) is 0 Å². The number of amides is 1. The molecule has 1 amide bonds. The van der Waals surface area contributed by atoms with Crippen molar-refractivity contribution in [2.24, 2.45) is 0 Å². The van der Waals surface area contributed by atoms with Gasteiger partial charge in [0.05, 0.1) is 24.8 Å². The second kappa shape index (κ2) is 8.71. The van der Waals surface area contributed by atoms with Crippen molar-refractivity contribution in [1.82, 2.24) is 14.5 Å². The summed E-state index contributed by atoms with van der Waals surface area (Å²) in [6.45, 7) is 3.79. The summed E-state index contributed by atoms with van der Waals surface area (Å²) in [5.41, 5.74) is 4.53. The Balaban J connectivity index is 1.35. The maximum Gasteiger partial charge on any atom is 0.262 e. The Morgan fingerprint density at radius 3 is 2.72 bits per heavy atom. The van der Waals surface area contributed by atoms with Gasteiger partial charge in [-0.2, -0.15) is 0 Å². The molecule has 3 heterocycles. The molecule has 0 unspecified atom stereocenters. The topological polar surface area (TPSA) is 55.2 Å². The van der Waals surface area contributed by atoms with Crippen molar-refractivity contribution in [3.63, 3.8) is 0 Å². The van der Waals surface area contributed by atoms with Crippen molar-refractivity contribution in [3.05, 3.63) is 98.4 Å². The van der Waals surface area contributed by atoms with Crippen LogP contribution in [-0.4, -0.2) is 26.9 Å². The van der Waals surface area contributed by atoms with Crippen LogP contribution >= 0.6 is 11.3 Å². The van der Waals surface area contributed by atoms with Gasteiger partial charge in [0, 0.05) is 17.8 Å². The molecular formula is C26H25N3O2S. The molecule has 0 radical (unpaired) electrons. The molecule has 0 spiro atoms. The maximum atomic E-state index is 13.3. The van der Waals surface area contributed by atoms with Gasteiger partial charge in [0.2, 0.25) is 5.91 Å². The molecule has 0 N–H and O–H groups in total. The molecule has 162 valence electrons. The van der Waals surface area contributed by atoms with Gasteiger partial charge in [0.25, 0.3) is 5.56 Å². The van der Waals surface area contributed by atoms with Crippen molar-refractivity contribution in [2.45, 2.75) is 39.3 Å². The molecule has 1 aliphatic rings.